The fourth-order valence-corrected chi connectivity index (χ4v) is 7.68. The molecule has 14 nitrogen and oxygen atoms in total. The zero-order valence-electron chi connectivity index (χ0n) is 24.0. The molecule has 250 valence electrons. The molecule has 18 heteroatoms. The zero-order valence-corrected chi connectivity index (χ0v) is 27.3. The van der Waals surface area contributed by atoms with Crippen LogP contribution in [0.15, 0.2) is 105 Å². The highest BCUT2D eigenvalue weighted by Crippen LogP contribution is 2.32. The monoisotopic (exact) mass is 734 g/mol. The average molecular weight is 735 g/mol. The highest BCUT2D eigenvalue weighted by atomic mass is 32.2. The van der Waals surface area contributed by atoms with E-state index < -0.39 is 50.8 Å². The topological polar surface area (TPSA) is 236 Å². The number of hydrogen-bond donors (Lipinski definition) is 4. The number of rotatable bonds is 12. The first-order valence-corrected chi connectivity index (χ1v) is 18.4. The molecule has 0 amide bonds. The number of fused-ring (bicyclic) bond motifs is 2. The predicted molar refractivity (Wildman–Crippen MR) is 171 cm³/mol. The highest BCUT2D eigenvalue weighted by molar-refractivity contribution is 7.94. The summed E-state index contributed by atoms with van der Waals surface area (Å²) in [6, 6.07) is 18.6. The third kappa shape index (κ3) is 7.96. The van der Waals surface area contributed by atoms with Gasteiger partial charge in [-0.1, -0.05) is 59.6 Å². The van der Waals surface area contributed by atoms with Crippen LogP contribution in [-0.4, -0.2) is 55.7 Å². The molecule has 0 spiro atoms. The Morgan fingerprint density at radius 1 is 0.604 bits per heavy atom. The molecule has 0 aliphatic carbocycles. The van der Waals surface area contributed by atoms with Crippen LogP contribution in [0.3, 0.4) is 0 Å². The second-order valence-corrected chi connectivity index (χ2v) is 15.4. The van der Waals surface area contributed by atoms with E-state index in [0.29, 0.717) is 34.6 Å². The molecule has 0 unspecified atom stereocenters. The normalized spacial score (nSPS) is 12.4. The van der Waals surface area contributed by atoms with E-state index in [4.69, 9.17) is 5.26 Å². The molecule has 0 saturated heterocycles. The summed E-state index contributed by atoms with van der Waals surface area (Å²) in [5, 5.41) is 12.4. The van der Waals surface area contributed by atoms with Crippen molar-refractivity contribution in [2.75, 3.05) is 0 Å². The van der Waals surface area contributed by atoms with Gasteiger partial charge < -0.3 is 0 Å². The van der Waals surface area contributed by atoms with Crippen LogP contribution in [0.5, 0.6) is 0 Å². The molecule has 5 rings (SSSR count). The summed E-state index contributed by atoms with van der Waals surface area (Å²) in [7, 11) is -14.4. The Balaban J connectivity index is 1.40. The summed E-state index contributed by atoms with van der Waals surface area (Å²) in [4.78, 5) is 24.7. The van der Waals surface area contributed by atoms with Gasteiger partial charge in [0, 0.05) is 39.6 Å². The van der Waals surface area contributed by atoms with Gasteiger partial charge in [-0.05, 0) is 52.2 Å². The Bertz CT molecular complexity index is 2460. The van der Waals surface area contributed by atoms with E-state index in [1.165, 1.54) is 66.7 Å². The summed E-state index contributed by atoms with van der Waals surface area (Å²) >= 11 is 0.475. The lowest BCUT2D eigenvalue weighted by molar-refractivity contribution is -0.432. The van der Waals surface area contributed by atoms with Crippen molar-refractivity contribution in [1.82, 2.24) is 0 Å². The lowest BCUT2D eigenvalue weighted by Crippen LogP contribution is -2.08. The van der Waals surface area contributed by atoms with E-state index >= 15 is 0 Å². The fourth-order valence-electron chi connectivity index (χ4n) is 5.06. The second kappa shape index (κ2) is 13.4. The molecule has 0 fully saturated rings. The maximum Gasteiger partial charge on any atom is 0.295 e. The van der Waals surface area contributed by atoms with Crippen LogP contribution in [0.1, 0.15) is 31.8 Å². The number of hydrogen-bond acceptors (Lipinski definition) is 12. The molecule has 0 aliphatic rings. The van der Waals surface area contributed by atoms with Crippen LogP contribution in [0.2, 0.25) is 0 Å². The van der Waals surface area contributed by atoms with Gasteiger partial charge in [0.05, 0.1) is 16.9 Å². The Kier molecular flexibility index (Phi) is 9.86. The molecule has 0 bridgehead atoms. The van der Waals surface area contributed by atoms with Gasteiger partial charge in [-0.25, -0.2) is 5.26 Å². The van der Waals surface area contributed by atoms with Crippen LogP contribution in [0, 0.1) is 0 Å². The first kappa shape index (κ1) is 35.2. The van der Waals surface area contributed by atoms with Gasteiger partial charge >= 0.3 is 0 Å². The Labute approximate surface area is 277 Å². The SMILES string of the molecule is O=C(Cc1ccc2c(S(=O)(=O)O)cc(SOOO)cc2c1)c1cccc(C(=O)Cc2ccc3c(S(=O)(=O)O)cc(S(=O)(=O)O)cc3c2)c1. The van der Waals surface area contributed by atoms with Gasteiger partial charge in [-0.3, -0.25) is 23.2 Å². The summed E-state index contributed by atoms with van der Waals surface area (Å²) in [5.41, 5.74) is 1.16. The van der Waals surface area contributed by atoms with Crippen LogP contribution < -0.4 is 0 Å². The van der Waals surface area contributed by atoms with E-state index in [2.05, 4.69) is 9.37 Å². The van der Waals surface area contributed by atoms with Gasteiger partial charge in [0.25, 0.3) is 30.4 Å². The van der Waals surface area contributed by atoms with Crippen molar-refractivity contribution in [2.45, 2.75) is 32.4 Å². The lowest BCUT2D eigenvalue weighted by atomic mass is 9.96. The van der Waals surface area contributed by atoms with E-state index in [1.54, 1.807) is 0 Å². The van der Waals surface area contributed by atoms with E-state index in [0.717, 1.165) is 12.1 Å². The minimum atomic E-state index is -4.88. The van der Waals surface area contributed by atoms with E-state index in [1.807, 2.05) is 0 Å². The summed E-state index contributed by atoms with van der Waals surface area (Å²) in [6.45, 7) is 0. The van der Waals surface area contributed by atoms with E-state index in [9.17, 15) is 48.5 Å². The third-order valence-corrected chi connectivity index (χ3v) is 10.3. The third-order valence-electron chi connectivity index (χ3n) is 7.16. The smallest absolute Gasteiger partial charge is 0.294 e. The van der Waals surface area contributed by atoms with Gasteiger partial charge in [0.1, 0.15) is 9.79 Å². The highest BCUT2D eigenvalue weighted by Gasteiger charge is 2.22. The van der Waals surface area contributed by atoms with Crippen molar-refractivity contribution in [3.05, 3.63) is 107 Å². The summed E-state index contributed by atoms with van der Waals surface area (Å²) < 4.78 is 104. The van der Waals surface area contributed by atoms with Gasteiger partial charge in [0.15, 0.2) is 11.6 Å². The van der Waals surface area contributed by atoms with Crippen molar-refractivity contribution >= 4 is 75.5 Å². The van der Waals surface area contributed by atoms with Crippen LogP contribution in [0.25, 0.3) is 21.5 Å². The minimum Gasteiger partial charge on any atom is -0.294 e. The Hall–Kier alpha value is -4.08. The summed E-state index contributed by atoms with van der Waals surface area (Å²) in [6.07, 6.45) is -0.393. The molecule has 0 saturated carbocycles. The fraction of sp³-hybridized carbons (Fsp3) is 0.0667. The molecule has 0 aliphatic heterocycles. The molecule has 4 N–H and O–H groups in total. The molecule has 0 heterocycles. The molecule has 0 radical (unpaired) electrons. The zero-order chi connectivity index (χ0) is 35.0. The average Bonchev–Trinajstić information content (AvgIpc) is 3.01. The molecular formula is C30H22O14S4. The summed E-state index contributed by atoms with van der Waals surface area (Å²) in [5.74, 6) is -0.824. The van der Waals surface area contributed by atoms with Crippen LogP contribution >= 0.6 is 12.0 Å². The molecule has 48 heavy (non-hydrogen) atoms. The molecule has 0 atom stereocenters. The van der Waals surface area contributed by atoms with Gasteiger partial charge in [0.2, 0.25) is 0 Å². The van der Waals surface area contributed by atoms with Crippen molar-refractivity contribution in [1.29, 1.82) is 0 Å². The predicted octanol–water partition coefficient (Wildman–Crippen LogP) is 5.01. The van der Waals surface area contributed by atoms with Crippen LogP contribution in [0.4, 0.5) is 0 Å². The first-order chi connectivity index (χ1) is 22.4. The quantitative estimate of drug-likeness (QED) is 0.0433. The molecule has 5 aromatic carbocycles. The Morgan fingerprint density at radius 2 is 1.10 bits per heavy atom. The molecular weight excluding hydrogens is 713 g/mol. The van der Waals surface area contributed by atoms with Crippen molar-refractivity contribution in [2.24, 2.45) is 0 Å². The van der Waals surface area contributed by atoms with Crippen molar-refractivity contribution in [3.63, 3.8) is 0 Å². The maximum atomic E-state index is 13.2. The first-order valence-electron chi connectivity index (χ1n) is 13.3. The maximum absolute atomic E-state index is 13.2. The number of carbonyl (C=O) groups is 2. The molecule has 5 aromatic rings. The number of ketones is 2. The second-order valence-electron chi connectivity index (χ2n) is 10.4. The van der Waals surface area contributed by atoms with Gasteiger partial charge in [-0.2, -0.15) is 25.3 Å². The molecule has 0 aromatic heterocycles. The van der Waals surface area contributed by atoms with Gasteiger partial charge in [-0.15, -0.1) is 4.33 Å². The number of Topliss-reactive ketones (excluding diaryl/α,β-unsaturated/α-hetero) is 2. The van der Waals surface area contributed by atoms with Crippen molar-refractivity contribution < 1.29 is 63.1 Å². The Morgan fingerprint density at radius 3 is 1.58 bits per heavy atom. The largest absolute Gasteiger partial charge is 0.295 e. The van der Waals surface area contributed by atoms with Crippen LogP contribution in [-0.2, 0) is 52.6 Å². The minimum absolute atomic E-state index is 0.0195. The standard InChI is InChI=1S/C30H22O14S4/c31-27(10-17-4-6-25-21(8-17)13-23(45-44-43-33)15-29(25)47(37,38)39)19-2-1-3-20(12-19)28(32)11-18-5-7-26-22(9-18)14-24(46(34,35)36)16-30(26)48(40,41)42/h1-9,12-16,33H,10-11H2,(H,34,35,36)(H,37,38,39)(H,40,41,42). The number of benzene rings is 5. The van der Waals surface area contributed by atoms with E-state index in [-0.39, 0.29) is 50.8 Å². The lowest BCUT2D eigenvalue weighted by Gasteiger charge is -2.10. The number of carbonyl (C=O) groups excluding carboxylic acids is 2. The van der Waals surface area contributed by atoms with Crippen molar-refractivity contribution in [3.8, 4) is 0 Å².